The first-order valence-electron chi connectivity index (χ1n) is 12.1. The summed E-state index contributed by atoms with van der Waals surface area (Å²) in [6.07, 6.45) is 5.84. The maximum absolute atomic E-state index is 12.3. The molecule has 3 aromatic rings. The minimum absolute atomic E-state index is 0.172. The lowest BCUT2D eigenvalue weighted by atomic mass is 9.84. The third-order valence-electron chi connectivity index (χ3n) is 7.29. The van der Waals surface area contributed by atoms with E-state index in [2.05, 4.69) is 44.5 Å². The number of imidazole rings is 1. The van der Waals surface area contributed by atoms with Crippen molar-refractivity contribution in [3.05, 3.63) is 66.0 Å². The number of aryl methyl sites for hydroxylation is 1. The van der Waals surface area contributed by atoms with E-state index in [9.17, 15) is 4.79 Å². The molecule has 2 heterocycles. The van der Waals surface area contributed by atoms with Gasteiger partial charge in [-0.25, -0.2) is 4.98 Å². The Morgan fingerprint density at radius 2 is 1.81 bits per heavy atom. The number of carbonyl (C=O) groups is 1. The third-order valence-corrected chi connectivity index (χ3v) is 7.29. The molecule has 1 saturated heterocycles. The lowest BCUT2D eigenvalue weighted by Gasteiger charge is -2.29. The topological polar surface area (TPSA) is 61.0 Å². The van der Waals surface area contributed by atoms with Gasteiger partial charge in [-0.2, -0.15) is 0 Å². The number of piperidine rings is 1. The highest BCUT2D eigenvalue weighted by atomic mass is 16.2. The lowest BCUT2D eigenvalue weighted by molar-refractivity contribution is -0.128. The summed E-state index contributed by atoms with van der Waals surface area (Å²) in [6, 6.07) is 18.7. The number of para-hydroxylation sites is 2. The van der Waals surface area contributed by atoms with Gasteiger partial charge in [0.05, 0.1) is 17.1 Å². The Balaban J connectivity index is 0.000000180. The van der Waals surface area contributed by atoms with Gasteiger partial charge in [0.15, 0.2) is 0 Å². The molecule has 3 fully saturated rings. The zero-order chi connectivity index (χ0) is 21.9. The first-order chi connectivity index (χ1) is 15.7. The minimum atomic E-state index is 0.172. The smallest absolute Gasteiger partial charge is 0.223 e. The molecule has 1 aromatic heterocycles. The fourth-order valence-corrected chi connectivity index (χ4v) is 5.04. The Morgan fingerprint density at radius 1 is 1.09 bits per heavy atom. The Kier molecular flexibility index (Phi) is 6.26. The van der Waals surface area contributed by atoms with E-state index >= 15 is 0 Å². The number of aromatic nitrogens is 2. The van der Waals surface area contributed by atoms with Gasteiger partial charge < -0.3 is 15.2 Å². The number of hydrogen-bond donors (Lipinski definition) is 2. The summed E-state index contributed by atoms with van der Waals surface area (Å²) < 4.78 is 0. The van der Waals surface area contributed by atoms with Gasteiger partial charge in [-0.15, -0.1) is 0 Å². The van der Waals surface area contributed by atoms with Crippen molar-refractivity contribution in [3.8, 4) is 0 Å². The van der Waals surface area contributed by atoms with Crippen molar-refractivity contribution < 1.29 is 4.79 Å². The van der Waals surface area contributed by atoms with Crippen LogP contribution in [0.3, 0.4) is 0 Å². The predicted octanol–water partition coefficient (Wildman–Crippen LogP) is 4.86. The quantitative estimate of drug-likeness (QED) is 0.587. The van der Waals surface area contributed by atoms with Crippen molar-refractivity contribution in [1.82, 2.24) is 20.2 Å². The molecule has 5 heteroatoms. The molecule has 2 N–H and O–H groups in total. The summed E-state index contributed by atoms with van der Waals surface area (Å²) in [5, 5.41) is 3.32. The second-order valence-corrected chi connectivity index (χ2v) is 9.74. The van der Waals surface area contributed by atoms with Crippen LogP contribution in [-0.2, 0) is 4.79 Å². The lowest BCUT2D eigenvalue weighted by Crippen LogP contribution is -2.38. The highest BCUT2D eigenvalue weighted by Crippen LogP contribution is 2.45. The molecule has 6 rings (SSSR count). The van der Waals surface area contributed by atoms with E-state index < -0.39 is 0 Å². The summed E-state index contributed by atoms with van der Waals surface area (Å²) >= 11 is 0. The second-order valence-electron chi connectivity index (χ2n) is 9.74. The number of likely N-dealkylation sites (tertiary alicyclic amines) is 1. The summed E-state index contributed by atoms with van der Waals surface area (Å²) in [6.45, 7) is 5.63. The highest BCUT2D eigenvalue weighted by molar-refractivity contribution is 5.79. The Bertz CT molecular complexity index is 999. The summed E-state index contributed by atoms with van der Waals surface area (Å²) in [4.78, 5) is 22.3. The molecule has 32 heavy (non-hydrogen) atoms. The monoisotopic (exact) mass is 430 g/mol. The van der Waals surface area contributed by atoms with Crippen LogP contribution in [0.4, 0.5) is 0 Å². The van der Waals surface area contributed by atoms with E-state index in [4.69, 9.17) is 0 Å². The number of amides is 1. The van der Waals surface area contributed by atoms with Gasteiger partial charge in [-0.1, -0.05) is 48.9 Å². The van der Waals surface area contributed by atoms with Gasteiger partial charge >= 0.3 is 0 Å². The summed E-state index contributed by atoms with van der Waals surface area (Å²) in [7, 11) is 0. The van der Waals surface area contributed by atoms with Gasteiger partial charge in [-0.05, 0) is 62.1 Å². The zero-order valence-electron chi connectivity index (χ0n) is 19.0. The van der Waals surface area contributed by atoms with Gasteiger partial charge in [0, 0.05) is 25.6 Å². The third kappa shape index (κ3) is 5.04. The zero-order valence-corrected chi connectivity index (χ0v) is 19.0. The number of fused-ring (bicyclic) bond motifs is 2. The van der Waals surface area contributed by atoms with Crippen LogP contribution in [0.15, 0.2) is 54.6 Å². The number of rotatable bonds is 6. The Labute approximate surface area is 190 Å². The normalized spacial score (nSPS) is 23.0. The molecule has 0 spiro atoms. The minimum Gasteiger partial charge on any atom is -0.349 e. The van der Waals surface area contributed by atoms with Crippen molar-refractivity contribution in [2.24, 2.45) is 17.8 Å². The molecule has 3 unspecified atom stereocenters. The molecule has 1 amide bonds. The molecule has 0 radical (unpaired) electrons. The van der Waals surface area contributed by atoms with Crippen LogP contribution in [-0.4, -0.2) is 40.4 Å². The fourth-order valence-electron chi connectivity index (χ4n) is 5.04. The standard InChI is InChI=1S/C19H26N2O.C8H8N2/c22-19(15-7-4-8-15)20-18(14-5-2-1-3-6-14)9-10-21-12-16-11-17(16)13-21;1-6-9-7-4-2-3-5-8(7)10-6/h1-3,5-6,15-18H,4,7-13H2,(H,20,22);2-5H,1H3,(H,9,10). The van der Waals surface area contributed by atoms with Crippen molar-refractivity contribution in [2.45, 2.75) is 45.1 Å². The van der Waals surface area contributed by atoms with E-state index in [0.717, 1.165) is 54.5 Å². The molecule has 2 aromatic carbocycles. The molecule has 168 valence electrons. The second kappa shape index (κ2) is 9.45. The number of hydrogen-bond acceptors (Lipinski definition) is 3. The number of H-pyrrole nitrogens is 1. The van der Waals surface area contributed by atoms with Crippen LogP contribution in [0, 0.1) is 24.7 Å². The van der Waals surface area contributed by atoms with Crippen LogP contribution in [0.5, 0.6) is 0 Å². The predicted molar refractivity (Wildman–Crippen MR) is 128 cm³/mol. The Hall–Kier alpha value is -2.66. The van der Waals surface area contributed by atoms with Crippen LogP contribution in [0.1, 0.15) is 49.5 Å². The first kappa shape index (κ1) is 21.2. The molecular weight excluding hydrogens is 396 g/mol. The molecule has 2 aliphatic carbocycles. The highest BCUT2D eigenvalue weighted by Gasteiger charge is 2.44. The average Bonchev–Trinajstić information content (AvgIpc) is 3.18. The van der Waals surface area contributed by atoms with E-state index in [1.54, 1.807) is 0 Å². The van der Waals surface area contributed by atoms with Crippen molar-refractivity contribution in [2.75, 3.05) is 19.6 Å². The van der Waals surface area contributed by atoms with Gasteiger partial charge in [0.1, 0.15) is 5.82 Å². The molecule has 1 aliphatic heterocycles. The molecule has 3 atom stereocenters. The van der Waals surface area contributed by atoms with Crippen molar-refractivity contribution in [3.63, 3.8) is 0 Å². The van der Waals surface area contributed by atoms with Crippen LogP contribution < -0.4 is 5.32 Å². The molecule has 3 aliphatic rings. The maximum Gasteiger partial charge on any atom is 0.223 e. The number of nitrogens with zero attached hydrogens (tertiary/aromatic N) is 2. The summed E-state index contributed by atoms with van der Waals surface area (Å²) in [5.41, 5.74) is 3.40. The maximum atomic E-state index is 12.3. The number of aromatic amines is 1. The van der Waals surface area contributed by atoms with E-state index in [-0.39, 0.29) is 17.9 Å². The van der Waals surface area contributed by atoms with Crippen LogP contribution >= 0.6 is 0 Å². The number of benzene rings is 2. The number of nitrogens with one attached hydrogen (secondary N) is 2. The fraction of sp³-hybridized carbons (Fsp3) is 0.481. The molecule has 5 nitrogen and oxygen atoms in total. The van der Waals surface area contributed by atoms with E-state index in [1.165, 1.54) is 31.5 Å². The van der Waals surface area contributed by atoms with E-state index in [0.29, 0.717) is 0 Å². The van der Waals surface area contributed by atoms with Gasteiger partial charge in [0.25, 0.3) is 0 Å². The van der Waals surface area contributed by atoms with Crippen molar-refractivity contribution in [1.29, 1.82) is 0 Å². The summed E-state index contributed by atoms with van der Waals surface area (Å²) in [5.74, 6) is 3.48. The van der Waals surface area contributed by atoms with E-state index in [1.807, 2.05) is 37.3 Å². The molecule has 0 bridgehead atoms. The SMILES string of the molecule is Cc1nc2ccccc2[nH]1.O=C(NC(CCN1CC2CC2C1)c1ccccc1)C1CCC1. The first-order valence-corrected chi connectivity index (χ1v) is 12.1. The largest absolute Gasteiger partial charge is 0.349 e. The van der Waals surface area contributed by atoms with Crippen LogP contribution in [0.25, 0.3) is 11.0 Å². The Morgan fingerprint density at radius 3 is 2.50 bits per heavy atom. The average molecular weight is 431 g/mol. The van der Waals surface area contributed by atoms with Gasteiger partial charge in [-0.3, -0.25) is 4.79 Å². The molecule has 2 saturated carbocycles. The number of carbonyl (C=O) groups excluding carboxylic acids is 1. The van der Waals surface area contributed by atoms with Crippen LogP contribution in [0.2, 0.25) is 0 Å². The van der Waals surface area contributed by atoms with Gasteiger partial charge in [0.2, 0.25) is 5.91 Å². The van der Waals surface area contributed by atoms with Crippen molar-refractivity contribution >= 4 is 16.9 Å². The molecular formula is C27H34N4O.